The molecule has 3 nitrogen and oxygen atoms in total. The summed E-state index contributed by atoms with van der Waals surface area (Å²) in [6.07, 6.45) is 5.42. The second-order valence-corrected chi connectivity index (χ2v) is 3.50. The van der Waals surface area contributed by atoms with Crippen LogP contribution < -0.4 is 5.32 Å². The Morgan fingerprint density at radius 1 is 1.00 bits per heavy atom. The molecule has 3 heteroatoms. The van der Waals surface area contributed by atoms with Gasteiger partial charge in [-0.25, -0.2) is 0 Å². The third kappa shape index (κ3) is 11.9. The second-order valence-electron chi connectivity index (χ2n) is 3.50. The van der Waals surface area contributed by atoms with Crippen molar-refractivity contribution in [1.29, 1.82) is 0 Å². The Labute approximate surface area is 87.8 Å². The zero-order valence-electron chi connectivity index (χ0n) is 9.43. The van der Waals surface area contributed by atoms with Crippen LogP contribution in [0.1, 0.15) is 39.0 Å². The molecule has 0 saturated heterocycles. The van der Waals surface area contributed by atoms with Gasteiger partial charge in [0.15, 0.2) is 0 Å². The van der Waals surface area contributed by atoms with E-state index in [9.17, 15) is 0 Å². The maximum atomic E-state index is 8.55. The highest BCUT2D eigenvalue weighted by molar-refractivity contribution is 4.48. The lowest BCUT2D eigenvalue weighted by molar-refractivity contribution is 0.132. The third-order valence-electron chi connectivity index (χ3n) is 2.00. The number of unbranched alkanes of at least 4 members (excludes halogenated alkanes) is 2. The molecule has 2 N–H and O–H groups in total. The van der Waals surface area contributed by atoms with Gasteiger partial charge >= 0.3 is 0 Å². The molecule has 0 aromatic carbocycles. The summed E-state index contributed by atoms with van der Waals surface area (Å²) < 4.78 is 5.35. The van der Waals surface area contributed by atoms with Crippen LogP contribution in [0.4, 0.5) is 0 Å². The van der Waals surface area contributed by atoms with Gasteiger partial charge in [-0.15, -0.1) is 0 Å². The van der Waals surface area contributed by atoms with Gasteiger partial charge in [0.05, 0.1) is 0 Å². The lowest BCUT2D eigenvalue weighted by Gasteiger charge is -2.04. The van der Waals surface area contributed by atoms with Crippen LogP contribution in [-0.2, 0) is 4.74 Å². The molecule has 0 aliphatic carbocycles. The van der Waals surface area contributed by atoms with Crippen molar-refractivity contribution < 1.29 is 9.84 Å². The zero-order chi connectivity index (χ0) is 10.5. The van der Waals surface area contributed by atoms with E-state index in [2.05, 4.69) is 12.2 Å². The molecule has 0 amide bonds. The number of hydrogen-bond acceptors (Lipinski definition) is 3. The molecule has 0 heterocycles. The molecule has 0 aliphatic heterocycles. The molecule has 0 unspecified atom stereocenters. The van der Waals surface area contributed by atoms with E-state index in [4.69, 9.17) is 9.84 Å². The largest absolute Gasteiger partial charge is 0.396 e. The van der Waals surface area contributed by atoms with Crippen LogP contribution in [0.25, 0.3) is 0 Å². The van der Waals surface area contributed by atoms with Gasteiger partial charge < -0.3 is 15.2 Å². The first-order chi connectivity index (χ1) is 6.91. The number of rotatable bonds is 11. The molecule has 86 valence electrons. The van der Waals surface area contributed by atoms with Crippen molar-refractivity contribution in [1.82, 2.24) is 5.32 Å². The van der Waals surface area contributed by atoms with Crippen molar-refractivity contribution in [3.05, 3.63) is 0 Å². The molecule has 0 fully saturated rings. The first kappa shape index (κ1) is 13.9. The van der Waals surface area contributed by atoms with Crippen LogP contribution in [0.15, 0.2) is 0 Å². The van der Waals surface area contributed by atoms with E-state index in [-0.39, 0.29) is 0 Å². The minimum Gasteiger partial charge on any atom is -0.396 e. The van der Waals surface area contributed by atoms with E-state index in [1.54, 1.807) is 0 Å². The summed E-state index contributed by atoms with van der Waals surface area (Å²) in [6, 6.07) is 0. The van der Waals surface area contributed by atoms with Gasteiger partial charge in [-0.3, -0.25) is 0 Å². The summed E-state index contributed by atoms with van der Waals surface area (Å²) in [6.45, 7) is 6.31. The smallest absolute Gasteiger partial charge is 0.0478 e. The molecule has 0 atom stereocenters. The van der Waals surface area contributed by atoms with E-state index in [0.29, 0.717) is 6.61 Å². The topological polar surface area (TPSA) is 41.5 Å². The first-order valence-corrected chi connectivity index (χ1v) is 5.81. The van der Waals surface area contributed by atoms with Crippen LogP contribution in [-0.4, -0.2) is 38.0 Å². The standard InChI is InChI=1S/C11H25NO2/c1-2-10-14-11-6-8-12-7-4-3-5-9-13/h12-13H,2-11H2,1H3. The molecule has 0 spiro atoms. The lowest BCUT2D eigenvalue weighted by Crippen LogP contribution is -2.18. The van der Waals surface area contributed by atoms with Crippen LogP contribution in [0, 0.1) is 0 Å². The van der Waals surface area contributed by atoms with E-state index < -0.39 is 0 Å². The fourth-order valence-corrected chi connectivity index (χ4v) is 1.21. The Bertz CT molecular complexity index is 87.3. The van der Waals surface area contributed by atoms with Crippen molar-refractivity contribution in [3.8, 4) is 0 Å². The molecule has 0 aliphatic rings. The average Bonchev–Trinajstić information content (AvgIpc) is 2.21. The van der Waals surface area contributed by atoms with Gasteiger partial charge in [0.2, 0.25) is 0 Å². The third-order valence-corrected chi connectivity index (χ3v) is 2.00. The monoisotopic (exact) mass is 203 g/mol. The number of aliphatic hydroxyl groups is 1. The normalized spacial score (nSPS) is 10.7. The highest BCUT2D eigenvalue weighted by atomic mass is 16.5. The number of nitrogens with one attached hydrogen (secondary N) is 1. The van der Waals surface area contributed by atoms with Gasteiger partial charge in [-0.2, -0.15) is 0 Å². The number of ether oxygens (including phenoxy) is 1. The maximum absolute atomic E-state index is 8.55. The summed E-state index contributed by atoms with van der Waals surface area (Å²) >= 11 is 0. The predicted molar refractivity (Wildman–Crippen MR) is 59.5 cm³/mol. The van der Waals surface area contributed by atoms with E-state index >= 15 is 0 Å². The van der Waals surface area contributed by atoms with Crippen molar-refractivity contribution >= 4 is 0 Å². The highest BCUT2D eigenvalue weighted by Crippen LogP contribution is 1.92. The first-order valence-electron chi connectivity index (χ1n) is 5.81. The number of aliphatic hydroxyl groups excluding tert-OH is 1. The molecule has 0 rings (SSSR count). The van der Waals surface area contributed by atoms with Crippen LogP contribution in [0.3, 0.4) is 0 Å². The van der Waals surface area contributed by atoms with Gasteiger partial charge in [-0.05, 0) is 45.2 Å². The van der Waals surface area contributed by atoms with Gasteiger partial charge in [-0.1, -0.05) is 6.92 Å². The van der Waals surface area contributed by atoms with E-state index in [1.165, 1.54) is 0 Å². The zero-order valence-corrected chi connectivity index (χ0v) is 9.43. The van der Waals surface area contributed by atoms with E-state index in [0.717, 1.165) is 58.4 Å². The van der Waals surface area contributed by atoms with Crippen LogP contribution >= 0.6 is 0 Å². The Morgan fingerprint density at radius 2 is 1.79 bits per heavy atom. The average molecular weight is 203 g/mol. The molecule has 0 radical (unpaired) electrons. The minimum atomic E-state index is 0.324. The minimum absolute atomic E-state index is 0.324. The molecule has 14 heavy (non-hydrogen) atoms. The van der Waals surface area contributed by atoms with E-state index in [1.807, 2.05) is 0 Å². The summed E-state index contributed by atoms with van der Waals surface area (Å²) in [5.74, 6) is 0. The van der Waals surface area contributed by atoms with Crippen LogP contribution in [0.5, 0.6) is 0 Å². The summed E-state index contributed by atoms with van der Waals surface area (Å²) in [5.41, 5.74) is 0. The predicted octanol–water partition coefficient (Wildman–Crippen LogP) is 1.56. The maximum Gasteiger partial charge on any atom is 0.0478 e. The second kappa shape index (κ2) is 12.9. The summed E-state index contributed by atoms with van der Waals surface area (Å²) in [4.78, 5) is 0. The van der Waals surface area contributed by atoms with Gasteiger partial charge in [0.1, 0.15) is 0 Å². The Kier molecular flexibility index (Phi) is 12.8. The van der Waals surface area contributed by atoms with Crippen molar-refractivity contribution in [3.63, 3.8) is 0 Å². The SMILES string of the molecule is CCCOCCCNCCCCCO. The van der Waals surface area contributed by atoms with Crippen molar-refractivity contribution in [2.24, 2.45) is 0 Å². The Balaban J connectivity index is 2.78. The van der Waals surface area contributed by atoms with Gasteiger partial charge in [0.25, 0.3) is 0 Å². The lowest BCUT2D eigenvalue weighted by atomic mass is 10.2. The molecule has 0 saturated carbocycles. The Morgan fingerprint density at radius 3 is 2.50 bits per heavy atom. The molecule has 0 bridgehead atoms. The van der Waals surface area contributed by atoms with Crippen molar-refractivity contribution in [2.75, 3.05) is 32.9 Å². The highest BCUT2D eigenvalue weighted by Gasteiger charge is 1.90. The molecular weight excluding hydrogens is 178 g/mol. The molecule has 0 aromatic rings. The molecular formula is C11H25NO2. The fraction of sp³-hybridized carbons (Fsp3) is 1.00. The summed E-state index contributed by atoms with van der Waals surface area (Å²) in [5, 5.41) is 11.9. The Hall–Kier alpha value is -0.120. The molecule has 0 aromatic heterocycles. The quantitative estimate of drug-likeness (QED) is 0.501. The summed E-state index contributed by atoms with van der Waals surface area (Å²) in [7, 11) is 0. The fourth-order valence-electron chi connectivity index (χ4n) is 1.21. The van der Waals surface area contributed by atoms with Crippen molar-refractivity contribution in [2.45, 2.75) is 39.0 Å². The van der Waals surface area contributed by atoms with Crippen LogP contribution in [0.2, 0.25) is 0 Å². The van der Waals surface area contributed by atoms with Gasteiger partial charge in [0, 0.05) is 19.8 Å². The number of hydrogen-bond donors (Lipinski definition) is 2.